The largest absolute Gasteiger partial charge is 0.310 e. The van der Waals surface area contributed by atoms with Crippen molar-refractivity contribution in [2.24, 2.45) is 0 Å². The van der Waals surface area contributed by atoms with Crippen molar-refractivity contribution < 1.29 is 0 Å². The Morgan fingerprint density at radius 3 is 1.86 bits per heavy atom. The van der Waals surface area contributed by atoms with E-state index in [4.69, 9.17) is 4.98 Å². The van der Waals surface area contributed by atoms with E-state index in [0.29, 0.717) is 0 Å². The van der Waals surface area contributed by atoms with Crippen molar-refractivity contribution in [1.29, 1.82) is 0 Å². The first-order chi connectivity index (χ1) is 27.3. The average molecular weight is 796 g/mol. The van der Waals surface area contributed by atoms with E-state index in [-0.39, 0.29) is 39.2 Å². The molecule has 0 spiro atoms. The summed E-state index contributed by atoms with van der Waals surface area (Å²) in [5.74, 6) is 1.09. The molecule has 0 amide bonds. The third kappa shape index (κ3) is 5.55. The third-order valence-electron chi connectivity index (χ3n) is 14.1. The maximum absolute atomic E-state index is 5.81. The molecule has 59 heavy (non-hydrogen) atoms. The maximum atomic E-state index is 5.81. The van der Waals surface area contributed by atoms with Crippen LogP contribution < -0.4 is 20.6 Å². The molecule has 0 N–H and O–H groups in total. The van der Waals surface area contributed by atoms with Crippen molar-refractivity contribution in [3.8, 4) is 5.82 Å². The number of hydrogen-bond acceptors (Lipinski definition) is 3. The highest BCUT2D eigenvalue weighted by Gasteiger charge is 2.47. The molecule has 4 aromatic carbocycles. The minimum absolute atomic E-state index is 0.0188. The molecular weight excluding hydrogens is 733 g/mol. The van der Waals surface area contributed by atoms with Gasteiger partial charge in [-0.3, -0.25) is 4.57 Å². The molecule has 5 heterocycles. The summed E-state index contributed by atoms with van der Waals surface area (Å²) in [4.78, 5) is 8.48. The molecule has 1 aliphatic carbocycles. The second-order valence-corrected chi connectivity index (χ2v) is 24.8. The van der Waals surface area contributed by atoms with Crippen molar-refractivity contribution in [3.05, 3.63) is 106 Å². The number of nitrogens with zero attached hydrogens (tertiary/aromatic N) is 3. The van der Waals surface area contributed by atoms with Gasteiger partial charge in [-0.2, -0.15) is 0 Å². The Kier molecular flexibility index (Phi) is 7.71. The van der Waals surface area contributed by atoms with E-state index < -0.39 is 0 Å². The molecule has 302 valence electrons. The standard InChI is InChI=1S/C54H62BN3S/c1-49(2,3)30-17-21-40-34(23-30)35-25-32(51(7,8)9)26-39-45(35)58(40)48-44-41(28-43(56-48)52(10,11)12)57(33-19-20-37-38(27-33)54(15,16)29-53(37,13)14)46-36-24-31(50(4,5)6)18-22-42(36)59-47(46)55(39)44/h17-28H,29H2,1-16H3. The zero-order chi connectivity index (χ0) is 42.3. The number of anilines is 3. The summed E-state index contributed by atoms with van der Waals surface area (Å²) in [6.07, 6.45) is 1.14. The number of aromatic nitrogens is 2. The van der Waals surface area contributed by atoms with E-state index in [1.165, 1.54) is 92.5 Å². The van der Waals surface area contributed by atoms with Gasteiger partial charge in [0.1, 0.15) is 5.82 Å². The second-order valence-electron chi connectivity index (χ2n) is 23.8. The SMILES string of the molecule is CC(C)(C)c1ccc2sc3c(c2c1)N(c1ccc2c(c1)C(C)(C)CC2(C)C)c1cc(C(C)(C)C)nc2c1B3c1cc(C(C)(C)C)cc3c4cc(C(C)(C)C)ccc4n-2c13. The van der Waals surface area contributed by atoms with Crippen LogP contribution in [0.5, 0.6) is 0 Å². The number of hydrogen-bond donors (Lipinski definition) is 0. The minimum atomic E-state index is -0.176. The van der Waals surface area contributed by atoms with Gasteiger partial charge in [-0.05, 0) is 121 Å². The van der Waals surface area contributed by atoms with Gasteiger partial charge in [-0.1, -0.05) is 135 Å². The van der Waals surface area contributed by atoms with Gasteiger partial charge in [0.2, 0.25) is 0 Å². The summed E-state index contributed by atoms with van der Waals surface area (Å²) in [7, 11) is 0. The van der Waals surface area contributed by atoms with Crippen molar-refractivity contribution in [2.75, 3.05) is 4.90 Å². The Morgan fingerprint density at radius 1 is 0.610 bits per heavy atom. The van der Waals surface area contributed by atoms with Gasteiger partial charge in [-0.25, -0.2) is 4.98 Å². The number of fused-ring (bicyclic) bond motifs is 10. The normalized spacial score (nSPS) is 16.9. The van der Waals surface area contributed by atoms with Gasteiger partial charge >= 0.3 is 0 Å². The molecule has 2 aliphatic heterocycles. The quantitative estimate of drug-likeness (QED) is 0.154. The van der Waals surface area contributed by atoms with E-state index in [1.54, 1.807) is 0 Å². The zero-order valence-corrected chi connectivity index (χ0v) is 39.3. The molecule has 0 bridgehead atoms. The van der Waals surface area contributed by atoms with Crippen LogP contribution in [0.15, 0.2) is 72.8 Å². The monoisotopic (exact) mass is 795 g/mol. The molecule has 3 aromatic heterocycles. The van der Waals surface area contributed by atoms with E-state index in [2.05, 4.69) is 193 Å². The first-order valence-electron chi connectivity index (χ1n) is 22.0. The van der Waals surface area contributed by atoms with Gasteiger partial charge in [0.15, 0.2) is 0 Å². The van der Waals surface area contributed by atoms with Crippen molar-refractivity contribution in [2.45, 2.75) is 150 Å². The summed E-state index contributed by atoms with van der Waals surface area (Å²) in [6.45, 7) is 37.9. The van der Waals surface area contributed by atoms with Crippen LogP contribution in [0, 0.1) is 0 Å². The zero-order valence-electron chi connectivity index (χ0n) is 38.5. The second kappa shape index (κ2) is 11.7. The molecule has 0 atom stereocenters. The molecular formula is C54H62BN3S. The van der Waals surface area contributed by atoms with E-state index in [9.17, 15) is 0 Å². The molecule has 5 heteroatoms. The highest BCUT2D eigenvalue weighted by Crippen LogP contribution is 2.53. The minimum Gasteiger partial charge on any atom is -0.310 e. The fourth-order valence-electron chi connectivity index (χ4n) is 11.0. The van der Waals surface area contributed by atoms with E-state index in [1.807, 2.05) is 11.3 Å². The van der Waals surface area contributed by atoms with Crippen LogP contribution in [-0.4, -0.2) is 16.3 Å². The molecule has 0 saturated carbocycles. The Morgan fingerprint density at radius 2 is 1.22 bits per heavy atom. The number of benzene rings is 4. The van der Waals surface area contributed by atoms with Crippen LogP contribution in [0.4, 0.5) is 17.1 Å². The maximum Gasteiger partial charge on any atom is 0.266 e. The first-order valence-corrected chi connectivity index (χ1v) is 22.8. The highest BCUT2D eigenvalue weighted by atomic mass is 32.1. The Hall–Kier alpha value is -4.35. The van der Waals surface area contributed by atoms with E-state index >= 15 is 0 Å². The topological polar surface area (TPSA) is 21.1 Å². The van der Waals surface area contributed by atoms with Gasteiger partial charge in [-0.15, -0.1) is 11.3 Å². The van der Waals surface area contributed by atoms with Crippen LogP contribution in [0.2, 0.25) is 0 Å². The number of pyridine rings is 1. The predicted molar refractivity (Wildman–Crippen MR) is 259 cm³/mol. The van der Waals surface area contributed by atoms with Crippen LogP contribution >= 0.6 is 11.3 Å². The van der Waals surface area contributed by atoms with Gasteiger partial charge < -0.3 is 4.90 Å². The molecule has 10 rings (SSSR count). The lowest BCUT2D eigenvalue weighted by Gasteiger charge is -2.40. The average Bonchev–Trinajstić information content (AvgIpc) is 3.72. The molecule has 3 nitrogen and oxygen atoms in total. The molecule has 0 unspecified atom stereocenters. The predicted octanol–water partition coefficient (Wildman–Crippen LogP) is 13.2. The molecule has 0 radical (unpaired) electrons. The highest BCUT2D eigenvalue weighted by molar-refractivity contribution is 7.33. The fraction of sp³-hybridized carbons (Fsp3) is 0.426. The van der Waals surface area contributed by atoms with Gasteiger partial charge in [0, 0.05) is 42.4 Å². The lowest BCUT2D eigenvalue weighted by atomic mass is 9.36. The van der Waals surface area contributed by atoms with Crippen LogP contribution in [-0.2, 0) is 32.5 Å². The third-order valence-corrected chi connectivity index (χ3v) is 15.3. The summed E-state index contributed by atoms with van der Waals surface area (Å²) < 4.78 is 5.33. The van der Waals surface area contributed by atoms with Crippen LogP contribution in [0.1, 0.15) is 151 Å². The van der Waals surface area contributed by atoms with Crippen molar-refractivity contribution in [3.63, 3.8) is 0 Å². The van der Waals surface area contributed by atoms with E-state index in [0.717, 1.165) is 17.9 Å². The summed E-state index contributed by atoms with van der Waals surface area (Å²) in [6, 6.07) is 29.5. The van der Waals surface area contributed by atoms with Gasteiger partial charge in [0.25, 0.3) is 6.71 Å². The molecule has 0 fully saturated rings. The Labute approximate surface area is 357 Å². The Balaban J connectivity index is 1.41. The fourth-order valence-corrected chi connectivity index (χ4v) is 12.3. The first kappa shape index (κ1) is 38.8. The van der Waals surface area contributed by atoms with Crippen LogP contribution in [0.3, 0.4) is 0 Å². The summed E-state index contributed by atoms with van der Waals surface area (Å²) in [5.41, 5.74) is 17.4. The molecule has 3 aliphatic rings. The van der Waals surface area contributed by atoms with Crippen molar-refractivity contribution >= 4 is 82.7 Å². The van der Waals surface area contributed by atoms with Crippen molar-refractivity contribution in [1.82, 2.24) is 9.55 Å². The summed E-state index contributed by atoms with van der Waals surface area (Å²) >= 11 is 2.00. The lowest BCUT2D eigenvalue weighted by molar-refractivity contribution is 0.403. The number of rotatable bonds is 1. The lowest BCUT2D eigenvalue weighted by Crippen LogP contribution is -2.60. The molecule has 0 saturated heterocycles. The smallest absolute Gasteiger partial charge is 0.266 e. The summed E-state index contributed by atoms with van der Waals surface area (Å²) in [5, 5.41) is 4.01. The Bertz CT molecular complexity index is 2960. The molecule has 7 aromatic rings. The van der Waals surface area contributed by atoms with Crippen LogP contribution in [0.25, 0.3) is 37.7 Å². The number of thiophene rings is 1. The van der Waals surface area contributed by atoms with Gasteiger partial charge in [0.05, 0.1) is 22.4 Å².